The highest BCUT2D eigenvalue weighted by Gasteiger charge is 2.18. The number of aromatic hydroxyl groups is 1. The lowest BCUT2D eigenvalue weighted by Gasteiger charge is -2.20. The number of phenolic OH excluding ortho intramolecular Hbond substituents is 1. The molecule has 0 radical (unpaired) electrons. The molecule has 0 aromatic heterocycles. The van der Waals surface area contributed by atoms with Crippen molar-refractivity contribution in [2.45, 2.75) is 32.6 Å². The first-order chi connectivity index (χ1) is 11.8. The van der Waals surface area contributed by atoms with E-state index in [2.05, 4.69) is 26.1 Å². The summed E-state index contributed by atoms with van der Waals surface area (Å²) in [6.45, 7) is 7.40. The first kappa shape index (κ1) is 17.1. The number of hydrogen-bond donors (Lipinski definition) is 2. The minimum absolute atomic E-state index is 0.0377. The molecule has 0 saturated heterocycles. The van der Waals surface area contributed by atoms with Crippen LogP contribution in [0.15, 0.2) is 36.4 Å². The smallest absolute Gasteiger partial charge is 0.255 e. The maximum atomic E-state index is 12.6. The summed E-state index contributed by atoms with van der Waals surface area (Å²) in [4.78, 5) is 12.6. The van der Waals surface area contributed by atoms with Gasteiger partial charge in [0.25, 0.3) is 5.91 Å². The second kappa shape index (κ2) is 6.67. The van der Waals surface area contributed by atoms with E-state index in [1.807, 2.05) is 6.07 Å². The molecule has 0 saturated carbocycles. The second-order valence-electron chi connectivity index (χ2n) is 7.15. The van der Waals surface area contributed by atoms with Crippen molar-refractivity contribution in [2.75, 3.05) is 18.5 Å². The van der Waals surface area contributed by atoms with Crippen molar-refractivity contribution in [3.8, 4) is 17.2 Å². The lowest BCUT2D eigenvalue weighted by molar-refractivity contribution is 0.102. The van der Waals surface area contributed by atoms with Crippen molar-refractivity contribution in [3.63, 3.8) is 0 Å². The maximum Gasteiger partial charge on any atom is 0.255 e. The molecule has 0 unspecified atom stereocenters. The summed E-state index contributed by atoms with van der Waals surface area (Å²) in [5, 5.41) is 12.8. The van der Waals surface area contributed by atoms with Crippen LogP contribution in [0.2, 0.25) is 0 Å². The third-order valence-electron chi connectivity index (χ3n) is 4.12. The zero-order chi connectivity index (χ0) is 18.0. The monoisotopic (exact) mass is 341 g/mol. The average molecular weight is 341 g/mol. The molecule has 0 bridgehead atoms. The molecule has 132 valence electrons. The van der Waals surface area contributed by atoms with Gasteiger partial charge in [-0.25, -0.2) is 0 Å². The Morgan fingerprint density at radius 3 is 2.48 bits per heavy atom. The summed E-state index contributed by atoms with van der Waals surface area (Å²) in [5.74, 6) is 0.942. The van der Waals surface area contributed by atoms with Gasteiger partial charge in [0.05, 0.1) is 18.9 Å². The number of ether oxygens (including phenoxy) is 2. The van der Waals surface area contributed by atoms with Crippen molar-refractivity contribution in [1.29, 1.82) is 0 Å². The molecule has 1 aliphatic heterocycles. The largest absolute Gasteiger partial charge is 0.506 e. The Balaban J connectivity index is 1.84. The number of nitrogens with one attached hydrogen (secondary N) is 1. The molecule has 3 rings (SSSR count). The van der Waals surface area contributed by atoms with Crippen molar-refractivity contribution in [1.82, 2.24) is 0 Å². The molecule has 5 nitrogen and oxygen atoms in total. The van der Waals surface area contributed by atoms with Gasteiger partial charge in [-0.3, -0.25) is 4.79 Å². The molecule has 0 aliphatic carbocycles. The van der Waals surface area contributed by atoms with E-state index in [9.17, 15) is 9.90 Å². The Labute approximate surface area is 147 Å². The van der Waals surface area contributed by atoms with Gasteiger partial charge in [-0.2, -0.15) is 0 Å². The van der Waals surface area contributed by atoms with Gasteiger partial charge in [-0.05, 0) is 41.3 Å². The van der Waals surface area contributed by atoms with Crippen LogP contribution in [-0.4, -0.2) is 24.2 Å². The third kappa shape index (κ3) is 3.87. The molecule has 25 heavy (non-hydrogen) atoms. The van der Waals surface area contributed by atoms with Crippen LogP contribution in [0.1, 0.15) is 43.1 Å². The van der Waals surface area contributed by atoms with Crippen molar-refractivity contribution in [2.24, 2.45) is 0 Å². The molecule has 1 aliphatic rings. The van der Waals surface area contributed by atoms with Crippen LogP contribution < -0.4 is 14.8 Å². The Morgan fingerprint density at radius 2 is 1.76 bits per heavy atom. The average Bonchev–Trinajstić information content (AvgIpc) is 2.80. The molecular weight excluding hydrogens is 318 g/mol. The minimum atomic E-state index is -0.308. The van der Waals surface area contributed by atoms with Gasteiger partial charge >= 0.3 is 0 Å². The first-order valence-corrected chi connectivity index (χ1v) is 8.39. The van der Waals surface area contributed by atoms with Crippen LogP contribution in [0.3, 0.4) is 0 Å². The van der Waals surface area contributed by atoms with Crippen LogP contribution in [0.25, 0.3) is 0 Å². The Hall–Kier alpha value is -2.69. The molecule has 2 aromatic rings. The van der Waals surface area contributed by atoms with Crippen molar-refractivity contribution >= 4 is 11.6 Å². The Kier molecular flexibility index (Phi) is 4.57. The summed E-state index contributed by atoms with van der Waals surface area (Å²) in [5.41, 5.74) is 1.79. The molecule has 2 aromatic carbocycles. The quantitative estimate of drug-likeness (QED) is 0.807. The number of benzene rings is 2. The van der Waals surface area contributed by atoms with E-state index in [0.29, 0.717) is 36.0 Å². The Bertz CT molecular complexity index is 793. The van der Waals surface area contributed by atoms with Crippen LogP contribution in [-0.2, 0) is 5.41 Å². The zero-order valence-corrected chi connectivity index (χ0v) is 14.8. The fraction of sp³-hybridized carbons (Fsp3) is 0.350. The standard InChI is InChI=1S/C20H23NO4/c1-20(2,3)14-6-7-16(22)15(12-14)21-19(23)13-5-8-17-18(11-13)25-10-4-9-24-17/h5-8,11-12,22H,4,9-10H2,1-3H3,(H,21,23). The van der Waals surface area contributed by atoms with Gasteiger partial charge in [-0.1, -0.05) is 26.8 Å². The lowest BCUT2D eigenvalue weighted by atomic mass is 9.87. The van der Waals surface area contributed by atoms with Gasteiger partial charge in [0.15, 0.2) is 11.5 Å². The first-order valence-electron chi connectivity index (χ1n) is 8.39. The highest BCUT2D eigenvalue weighted by molar-refractivity contribution is 6.05. The van der Waals surface area contributed by atoms with Crippen LogP contribution in [0.4, 0.5) is 5.69 Å². The fourth-order valence-electron chi connectivity index (χ4n) is 2.60. The molecule has 1 amide bonds. The molecule has 5 heteroatoms. The highest BCUT2D eigenvalue weighted by Crippen LogP contribution is 2.33. The number of phenols is 1. The van der Waals surface area contributed by atoms with Gasteiger partial charge in [-0.15, -0.1) is 0 Å². The number of fused-ring (bicyclic) bond motifs is 1. The summed E-state index contributed by atoms with van der Waals surface area (Å²) >= 11 is 0. The van der Waals surface area contributed by atoms with Gasteiger partial charge in [0, 0.05) is 12.0 Å². The van der Waals surface area contributed by atoms with E-state index in [-0.39, 0.29) is 17.1 Å². The highest BCUT2D eigenvalue weighted by atomic mass is 16.5. The van der Waals surface area contributed by atoms with Gasteiger partial charge in [0.2, 0.25) is 0 Å². The summed E-state index contributed by atoms with van der Waals surface area (Å²) in [6, 6.07) is 10.4. The molecule has 2 N–H and O–H groups in total. The molecule has 0 spiro atoms. The predicted molar refractivity (Wildman–Crippen MR) is 96.8 cm³/mol. The van der Waals surface area contributed by atoms with Gasteiger partial charge in [0.1, 0.15) is 5.75 Å². The van der Waals surface area contributed by atoms with Crippen molar-refractivity contribution < 1.29 is 19.4 Å². The number of carbonyl (C=O) groups is 1. The Morgan fingerprint density at radius 1 is 1.04 bits per heavy atom. The molecular formula is C20H23NO4. The second-order valence-corrected chi connectivity index (χ2v) is 7.15. The van der Waals surface area contributed by atoms with E-state index in [0.717, 1.165) is 12.0 Å². The van der Waals surface area contributed by atoms with Crippen LogP contribution in [0.5, 0.6) is 17.2 Å². The van der Waals surface area contributed by atoms with E-state index < -0.39 is 0 Å². The van der Waals surface area contributed by atoms with E-state index in [1.165, 1.54) is 0 Å². The number of rotatable bonds is 2. The van der Waals surface area contributed by atoms with E-state index in [1.54, 1.807) is 30.3 Å². The fourth-order valence-corrected chi connectivity index (χ4v) is 2.60. The van der Waals surface area contributed by atoms with E-state index in [4.69, 9.17) is 9.47 Å². The SMILES string of the molecule is CC(C)(C)c1ccc(O)c(NC(=O)c2ccc3c(c2)OCCCO3)c1. The molecule has 1 heterocycles. The lowest BCUT2D eigenvalue weighted by Crippen LogP contribution is -2.15. The molecule has 0 fully saturated rings. The van der Waals surface area contributed by atoms with Gasteiger partial charge < -0.3 is 19.9 Å². The zero-order valence-electron chi connectivity index (χ0n) is 14.8. The van der Waals surface area contributed by atoms with Crippen LogP contribution >= 0.6 is 0 Å². The third-order valence-corrected chi connectivity index (χ3v) is 4.12. The summed E-state index contributed by atoms with van der Waals surface area (Å²) in [7, 11) is 0. The maximum absolute atomic E-state index is 12.6. The number of hydrogen-bond acceptors (Lipinski definition) is 4. The predicted octanol–water partition coefficient (Wildman–Crippen LogP) is 4.10. The number of carbonyl (C=O) groups excluding carboxylic acids is 1. The number of anilines is 1. The van der Waals surface area contributed by atoms with Crippen LogP contribution in [0, 0.1) is 0 Å². The summed E-state index contributed by atoms with van der Waals surface area (Å²) in [6.07, 6.45) is 0.809. The topological polar surface area (TPSA) is 67.8 Å². The van der Waals surface area contributed by atoms with Crippen molar-refractivity contribution in [3.05, 3.63) is 47.5 Å². The summed E-state index contributed by atoms with van der Waals surface area (Å²) < 4.78 is 11.2. The number of amides is 1. The molecule has 0 atom stereocenters. The van der Waals surface area contributed by atoms with E-state index >= 15 is 0 Å². The minimum Gasteiger partial charge on any atom is -0.506 e. The normalized spacial score (nSPS) is 13.9.